The number of nitrogens with zero attached hydrogens (tertiary/aromatic N) is 1. The molecule has 0 fully saturated rings. The van der Waals surface area contributed by atoms with Gasteiger partial charge in [-0.3, -0.25) is 19.3 Å². The Morgan fingerprint density at radius 1 is 0.420 bits per heavy atom. The van der Waals surface area contributed by atoms with E-state index >= 15 is 0 Å². The van der Waals surface area contributed by atoms with Crippen molar-refractivity contribution in [3.63, 3.8) is 0 Å². The molecule has 16 nitrogen and oxygen atoms in total. The number of carbonyl (C=O) groups is 3. The number of hydrogen-bond donors (Lipinski definition) is 0. The summed E-state index contributed by atoms with van der Waals surface area (Å²) >= 11 is 0. The van der Waals surface area contributed by atoms with Crippen molar-refractivity contribution >= 4 is 17.8 Å². The number of hydrogen-bond acceptors (Lipinski definition) is 15. The molecule has 0 radical (unpaired) electrons. The third-order valence-corrected chi connectivity index (χ3v) is 6.59. The van der Waals surface area contributed by atoms with Crippen LogP contribution in [0.25, 0.3) is 0 Å². The summed E-state index contributed by atoms with van der Waals surface area (Å²) in [6.07, 6.45) is 0. The van der Waals surface area contributed by atoms with E-state index in [0.717, 1.165) is 0 Å². The molecule has 0 saturated carbocycles. The van der Waals surface area contributed by atoms with Gasteiger partial charge in [-0.15, -0.1) is 0 Å². The Labute approximate surface area is 294 Å². The number of fused-ring (bicyclic) bond motifs is 1. The van der Waals surface area contributed by atoms with Crippen LogP contribution >= 0.6 is 0 Å². The van der Waals surface area contributed by atoms with Crippen molar-refractivity contribution < 1.29 is 71.2 Å². The molecule has 0 N–H and O–H groups in total. The first-order valence-electron chi connectivity index (χ1n) is 17.0. The molecule has 50 heavy (non-hydrogen) atoms. The molecule has 16 heteroatoms. The number of carbonyl (C=O) groups excluding carboxylic acids is 3. The Morgan fingerprint density at radius 2 is 0.660 bits per heavy atom. The van der Waals surface area contributed by atoms with Crippen molar-refractivity contribution in [3.05, 3.63) is 35.4 Å². The maximum absolute atomic E-state index is 12.3. The monoisotopic (exact) mass is 717 g/mol. The minimum atomic E-state index is -0.317. The fourth-order valence-electron chi connectivity index (χ4n) is 4.14. The number of benzene rings is 1. The average Bonchev–Trinajstić information content (AvgIpc) is 3.36. The summed E-state index contributed by atoms with van der Waals surface area (Å²) < 4.78 is 64.5. The Bertz CT molecular complexity index is 980. The van der Waals surface area contributed by atoms with Gasteiger partial charge in [0.15, 0.2) is 0 Å². The van der Waals surface area contributed by atoms with Gasteiger partial charge in [-0.25, -0.2) is 0 Å². The van der Waals surface area contributed by atoms with Crippen LogP contribution in [-0.2, 0) is 61.6 Å². The van der Waals surface area contributed by atoms with Crippen molar-refractivity contribution in [2.75, 3.05) is 159 Å². The van der Waals surface area contributed by atoms with E-state index in [4.69, 9.17) is 56.8 Å². The number of esters is 1. The van der Waals surface area contributed by atoms with Crippen LogP contribution in [0.5, 0.6) is 0 Å². The van der Waals surface area contributed by atoms with Gasteiger partial charge in [-0.05, 0) is 12.1 Å². The summed E-state index contributed by atoms with van der Waals surface area (Å²) in [6.45, 7) is 11.6. The quantitative estimate of drug-likeness (QED) is 0.0549. The van der Waals surface area contributed by atoms with Crippen LogP contribution in [0, 0.1) is 0 Å². The summed E-state index contributed by atoms with van der Waals surface area (Å²) in [5.41, 5.74) is 0.877. The Hall–Kier alpha value is -2.61. The van der Waals surface area contributed by atoms with E-state index in [9.17, 15) is 14.4 Å². The first-order chi connectivity index (χ1) is 24.6. The van der Waals surface area contributed by atoms with E-state index in [1.807, 2.05) is 0 Å². The lowest BCUT2D eigenvalue weighted by atomic mass is 10.1. The highest BCUT2D eigenvalue weighted by molar-refractivity contribution is 6.21. The molecule has 1 aromatic rings. The van der Waals surface area contributed by atoms with Crippen LogP contribution in [-0.4, -0.2) is 181 Å². The van der Waals surface area contributed by atoms with E-state index in [1.165, 1.54) is 11.8 Å². The standard InChI is InChI=1S/C34H55NO15/c1-30(36)50-29-28-49-27-26-48-25-24-47-23-22-46-21-20-45-19-18-44-17-16-43-15-14-42-13-12-41-11-10-40-9-8-39-7-6-35-33(37)31-4-2-3-5-32(31)34(35)38/h2-5H,6-29H2,1H3. The highest BCUT2D eigenvalue weighted by Crippen LogP contribution is 2.21. The second-order valence-electron chi connectivity index (χ2n) is 10.4. The Balaban J connectivity index is 1.17. The third-order valence-electron chi connectivity index (χ3n) is 6.59. The van der Waals surface area contributed by atoms with E-state index in [1.54, 1.807) is 24.3 Å². The SMILES string of the molecule is CC(=O)OCCOCCOCCOCCOCCOCCOCCOCCOCCOCCOCCOCCN1C(=O)c2ccccc2C1=O. The van der Waals surface area contributed by atoms with Crippen molar-refractivity contribution in [2.45, 2.75) is 6.92 Å². The fourth-order valence-corrected chi connectivity index (χ4v) is 4.14. The van der Waals surface area contributed by atoms with Gasteiger partial charge >= 0.3 is 5.97 Å². The van der Waals surface area contributed by atoms with Crippen LogP contribution in [0.15, 0.2) is 24.3 Å². The molecule has 0 atom stereocenters. The number of rotatable bonds is 36. The first kappa shape index (κ1) is 43.6. The van der Waals surface area contributed by atoms with Crippen molar-refractivity contribution in [2.24, 2.45) is 0 Å². The van der Waals surface area contributed by atoms with Crippen molar-refractivity contribution in [3.8, 4) is 0 Å². The molecule has 2 amide bonds. The third kappa shape index (κ3) is 22.3. The smallest absolute Gasteiger partial charge is 0.302 e. The van der Waals surface area contributed by atoms with E-state index < -0.39 is 0 Å². The minimum absolute atomic E-state index is 0.210. The summed E-state index contributed by atoms with van der Waals surface area (Å²) in [6, 6.07) is 6.81. The molecular weight excluding hydrogens is 662 g/mol. The summed E-state index contributed by atoms with van der Waals surface area (Å²) in [4.78, 5) is 36.4. The zero-order chi connectivity index (χ0) is 35.7. The number of ether oxygens (including phenoxy) is 12. The zero-order valence-electron chi connectivity index (χ0n) is 29.4. The van der Waals surface area contributed by atoms with Gasteiger partial charge in [0.05, 0.1) is 163 Å². The largest absolute Gasteiger partial charge is 0.463 e. The molecule has 1 aliphatic rings. The summed E-state index contributed by atoms with van der Waals surface area (Å²) in [5, 5.41) is 0. The topological polar surface area (TPSA) is 165 Å². The van der Waals surface area contributed by atoms with Crippen molar-refractivity contribution in [1.82, 2.24) is 4.90 Å². The minimum Gasteiger partial charge on any atom is -0.463 e. The van der Waals surface area contributed by atoms with Crippen LogP contribution in [0.4, 0.5) is 0 Å². The maximum Gasteiger partial charge on any atom is 0.302 e. The molecule has 0 aromatic heterocycles. The Kier molecular flexibility index (Phi) is 27.1. The molecule has 1 heterocycles. The van der Waals surface area contributed by atoms with E-state index in [-0.39, 0.29) is 37.5 Å². The van der Waals surface area contributed by atoms with Gasteiger partial charge in [0.2, 0.25) is 0 Å². The highest BCUT2D eigenvalue weighted by Gasteiger charge is 2.34. The molecule has 0 saturated heterocycles. The first-order valence-corrected chi connectivity index (χ1v) is 17.0. The normalized spacial score (nSPS) is 12.6. The molecule has 1 aliphatic heterocycles. The lowest BCUT2D eigenvalue weighted by Gasteiger charge is -2.13. The van der Waals surface area contributed by atoms with Gasteiger partial charge in [-0.2, -0.15) is 0 Å². The van der Waals surface area contributed by atoms with Crippen LogP contribution in [0.1, 0.15) is 27.6 Å². The lowest BCUT2D eigenvalue weighted by molar-refractivity contribution is -0.142. The molecule has 1 aromatic carbocycles. The van der Waals surface area contributed by atoms with Crippen molar-refractivity contribution in [1.29, 1.82) is 0 Å². The summed E-state index contributed by atoms with van der Waals surface area (Å²) in [7, 11) is 0. The second kappa shape index (κ2) is 31.2. The fraction of sp³-hybridized carbons (Fsp3) is 0.735. The van der Waals surface area contributed by atoms with Gasteiger partial charge in [-0.1, -0.05) is 12.1 Å². The molecule has 0 unspecified atom stereocenters. The molecular formula is C34H55NO15. The van der Waals surface area contributed by atoms with Gasteiger partial charge < -0.3 is 56.8 Å². The van der Waals surface area contributed by atoms with Crippen LogP contribution < -0.4 is 0 Å². The van der Waals surface area contributed by atoms with Gasteiger partial charge in [0, 0.05) is 6.92 Å². The van der Waals surface area contributed by atoms with E-state index in [0.29, 0.717) is 150 Å². The zero-order valence-corrected chi connectivity index (χ0v) is 29.4. The number of amides is 2. The van der Waals surface area contributed by atoms with Gasteiger partial charge in [0.25, 0.3) is 11.8 Å². The second-order valence-corrected chi connectivity index (χ2v) is 10.4. The van der Waals surface area contributed by atoms with Gasteiger partial charge in [0.1, 0.15) is 6.61 Å². The highest BCUT2D eigenvalue weighted by atomic mass is 16.6. The number of imide groups is 1. The lowest BCUT2D eigenvalue weighted by Crippen LogP contribution is -2.33. The maximum atomic E-state index is 12.3. The predicted molar refractivity (Wildman–Crippen MR) is 177 cm³/mol. The molecule has 0 bridgehead atoms. The summed E-state index contributed by atoms with van der Waals surface area (Å²) in [5.74, 6) is -0.880. The van der Waals surface area contributed by atoms with E-state index in [2.05, 4.69) is 0 Å². The molecule has 0 aliphatic carbocycles. The molecule has 286 valence electrons. The van der Waals surface area contributed by atoms with Crippen LogP contribution in [0.3, 0.4) is 0 Å². The van der Waals surface area contributed by atoms with Crippen LogP contribution in [0.2, 0.25) is 0 Å². The Morgan fingerprint density at radius 3 is 0.920 bits per heavy atom. The molecule has 0 spiro atoms. The molecule has 2 rings (SSSR count). The average molecular weight is 718 g/mol. The predicted octanol–water partition coefficient (Wildman–Crippen LogP) is 1.03.